The number of nitrogens with two attached hydrogens (primary N) is 2. The van der Waals surface area contributed by atoms with Gasteiger partial charge in [0.25, 0.3) is 0 Å². The van der Waals surface area contributed by atoms with Gasteiger partial charge in [-0.1, -0.05) is 0 Å². The molecule has 20 heavy (non-hydrogen) atoms. The summed E-state index contributed by atoms with van der Waals surface area (Å²) in [5.41, 5.74) is 12.8. The smallest absolute Gasteiger partial charge is 0.334 e. The topological polar surface area (TPSA) is 114 Å². The molecule has 1 rings (SSSR count). The first-order valence-corrected chi connectivity index (χ1v) is 7.56. The second-order valence-corrected chi connectivity index (χ2v) is 6.51. The van der Waals surface area contributed by atoms with Gasteiger partial charge in [-0.3, -0.25) is 9.36 Å². The summed E-state index contributed by atoms with van der Waals surface area (Å²) in [7, 11) is -0.815. The maximum absolute atomic E-state index is 12.2. The first kappa shape index (κ1) is 16.5. The number of hydrogen-bond acceptors (Lipinski definition) is 7. The summed E-state index contributed by atoms with van der Waals surface area (Å²) in [6, 6.07) is 4.76. The van der Waals surface area contributed by atoms with Crippen LogP contribution >= 0.6 is 7.60 Å². The van der Waals surface area contributed by atoms with E-state index in [0.717, 1.165) is 0 Å². The standard InChI is InChI=1S/C12H19N2O5P/c1-8(15)19-12(7-20(16,17-2)18-3)9-4-10(13)6-11(14)5-9/h4-6,12H,7,13-14H2,1-3H3. The summed E-state index contributed by atoms with van der Waals surface area (Å²) in [4.78, 5) is 11.2. The van der Waals surface area contributed by atoms with Gasteiger partial charge in [0.05, 0.1) is 6.16 Å². The first-order valence-electron chi connectivity index (χ1n) is 5.83. The molecule has 0 aliphatic rings. The molecule has 0 aliphatic heterocycles. The van der Waals surface area contributed by atoms with E-state index >= 15 is 0 Å². The highest BCUT2D eigenvalue weighted by molar-refractivity contribution is 7.53. The van der Waals surface area contributed by atoms with Crippen LogP contribution in [0.4, 0.5) is 11.4 Å². The van der Waals surface area contributed by atoms with Gasteiger partial charge < -0.3 is 25.3 Å². The number of ether oxygens (including phenoxy) is 1. The number of rotatable bonds is 6. The van der Waals surface area contributed by atoms with Crippen molar-refractivity contribution in [3.8, 4) is 0 Å². The van der Waals surface area contributed by atoms with E-state index in [9.17, 15) is 9.36 Å². The SMILES string of the molecule is COP(=O)(CC(OC(C)=O)c1cc(N)cc(N)c1)OC. The fraction of sp³-hybridized carbons (Fsp3) is 0.417. The van der Waals surface area contributed by atoms with Crippen molar-refractivity contribution in [3.05, 3.63) is 23.8 Å². The van der Waals surface area contributed by atoms with Crippen molar-refractivity contribution in [2.45, 2.75) is 13.0 Å². The van der Waals surface area contributed by atoms with Crippen LogP contribution in [0.25, 0.3) is 0 Å². The van der Waals surface area contributed by atoms with Crippen molar-refractivity contribution in [1.82, 2.24) is 0 Å². The Morgan fingerprint density at radius 3 is 2.10 bits per heavy atom. The molecular formula is C12H19N2O5P. The van der Waals surface area contributed by atoms with Crippen LogP contribution in [-0.2, 0) is 23.1 Å². The van der Waals surface area contributed by atoms with Crippen molar-refractivity contribution in [3.63, 3.8) is 0 Å². The minimum atomic E-state index is -3.35. The minimum Gasteiger partial charge on any atom is -0.457 e. The van der Waals surface area contributed by atoms with Gasteiger partial charge >= 0.3 is 13.6 Å². The minimum absolute atomic E-state index is 0.123. The van der Waals surface area contributed by atoms with Crippen LogP contribution < -0.4 is 11.5 Å². The molecule has 0 bridgehead atoms. The van der Waals surface area contributed by atoms with Crippen molar-refractivity contribution >= 4 is 24.9 Å². The quantitative estimate of drug-likeness (QED) is 0.469. The Morgan fingerprint density at radius 2 is 1.70 bits per heavy atom. The number of nitrogen functional groups attached to an aromatic ring is 2. The number of esters is 1. The second-order valence-electron chi connectivity index (χ2n) is 4.19. The number of anilines is 2. The lowest BCUT2D eigenvalue weighted by Gasteiger charge is -2.22. The Bertz CT molecular complexity index is 506. The third kappa shape index (κ3) is 4.52. The third-order valence-electron chi connectivity index (χ3n) is 2.63. The van der Waals surface area contributed by atoms with Gasteiger partial charge in [-0.15, -0.1) is 0 Å². The Kier molecular flexibility index (Phi) is 5.56. The van der Waals surface area contributed by atoms with E-state index in [1.54, 1.807) is 18.2 Å². The number of hydrogen-bond donors (Lipinski definition) is 2. The van der Waals surface area contributed by atoms with Crippen molar-refractivity contribution in [2.24, 2.45) is 0 Å². The Labute approximate surface area is 117 Å². The zero-order chi connectivity index (χ0) is 15.3. The molecule has 0 saturated carbocycles. The van der Waals surface area contributed by atoms with Crippen LogP contribution in [0.3, 0.4) is 0 Å². The molecule has 7 nitrogen and oxygen atoms in total. The molecular weight excluding hydrogens is 283 g/mol. The van der Waals surface area contributed by atoms with Crippen LogP contribution in [0.15, 0.2) is 18.2 Å². The molecule has 0 spiro atoms. The van der Waals surface area contributed by atoms with Gasteiger partial charge in [0.15, 0.2) is 0 Å². The maximum atomic E-state index is 12.2. The lowest BCUT2D eigenvalue weighted by molar-refractivity contribution is -0.145. The molecule has 112 valence electrons. The predicted molar refractivity (Wildman–Crippen MR) is 76.3 cm³/mol. The Hall–Kier alpha value is -1.56. The lowest BCUT2D eigenvalue weighted by Crippen LogP contribution is -2.14. The summed E-state index contributed by atoms with van der Waals surface area (Å²) in [6.45, 7) is 1.26. The molecule has 0 aromatic heterocycles. The lowest BCUT2D eigenvalue weighted by atomic mass is 10.1. The van der Waals surface area contributed by atoms with E-state index in [0.29, 0.717) is 16.9 Å². The fourth-order valence-corrected chi connectivity index (χ4v) is 2.86. The average Bonchev–Trinajstić information content (AvgIpc) is 2.36. The van der Waals surface area contributed by atoms with Gasteiger partial charge in [0.2, 0.25) is 0 Å². The van der Waals surface area contributed by atoms with Gasteiger partial charge in [-0.2, -0.15) is 0 Å². The van der Waals surface area contributed by atoms with Gasteiger partial charge in [0, 0.05) is 32.5 Å². The number of carbonyl (C=O) groups excluding carboxylic acids is 1. The highest BCUT2D eigenvalue weighted by atomic mass is 31.2. The summed E-state index contributed by atoms with van der Waals surface area (Å²) in [5.74, 6) is -0.519. The summed E-state index contributed by atoms with van der Waals surface area (Å²) < 4.78 is 27.1. The van der Waals surface area contributed by atoms with Crippen LogP contribution in [0.1, 0.15) is 18.6 Å². The van der Waals surface area contributed by atoms with Crippen molar-refractivity contribution < 1.29 is 23.1 Å². The molecule has 0 aliphatic carbocycles. The van der Waals surface area contributed by atoms with Crippen molar-refractivity contribution in [1.29, 1.82) is 0 Å². The van der Waals surface area contributed by atoms with Crippen LogP contribution in [0.5, 0.6) is 0 Å². The maximum Gasteiger partial charge on any atom is 0.334 e. The molecule has 8 heteroatoms. The van der Waals surface area contributed by atoms with E-state index in [2.05, 4.69) is 0 Å². The molecule has 1 atom stereocenters. The van der Waals surface area contributed by atoms with Gasteiger partial charge in [-0.05, 0) is 23.8 Å². The molecule has 4 N–H and O–H groups in total. The molecule has 1 aromatic rings. The highest BCUT2D eigenvalue weighted by Gasteiger charge is 2.30. The van der Waals surface area contributed by atoms with E-state index < -0.39 is 19.7 Å². The second kappa shape index (κ2) is 6.74. The summed E-state index contributed by atoms with van der Waals surface area (Å²) in [6.07, 6.45) is -0.938. The van der Waals surface area contributed by atoms with Crippen LogP contribution in [0, 0.1) is 0 Å². The normalized spacial score (nSPS) is 12.9. The van der Waals surface area contributed by atoms with E-state index in [4.69, 9.17) is 25.3 Å². The molecule has 0 radical (unpaired) electrons. The first-order chi connectivity index (χ1) is 9.29. The number of benzene rings is 1. The molecule has 0 heterocycles. The molecule has 0 amide bonds. The average molecular weight is 302 g/mol. The third-order valence-corrected chi connectivity index (χ3v) is 4.52. The molecule has 1 unspecified atom stereocenters. The number of carbonyl (C=O) groups is 1. The van der Waals surface area contributed by atoms with Gasteiger partial charge in [-0.25, -0.2) is 0 Å². The monoisotopic (exact) mass is 302 g/mol. The summed E-state index contributed by atoms with van der Waals surface area (Å²) >= 11 is 0. The highest BCUT2D eigenvalue weighted by Crippen LogP contribution is 2.50. The fourth-order valence-electron chi connectivity index (χ4n) is 1.73. The molecule has 0 saturated heterocycles. The largest absolute Gasteiger partial charge is 0.457 e. The van der Waals surface area contributed by atoms with E-state index in [1.165, 1.54) is 21.1 Å². The Balaban J connectivity index is 3.11. The van der Waals surface area contributed by atoms with Crippen LogP contribution in [0.2, 0.25) is 0 Å². The summed E-state index contributed by atoms with van der Waals surface area (Å²) in [5, 5.41) is 0. The zero-order valence-electron chi connectivity index (χ0n) is 11.7. The van der Waals surface area contributed by atoms with E-state index in [-0.39, 0.29) is 6.16 Å². The van der Waals surface area contributed by atoms with Crippen molar-refractivity contribution in [2.75, 3.05) is 31.8 Å². The molecule has 0 fully saturated rings. The van der Waals surface area contributed by atoms with Gasteiger partial charge in [0.1, 0.15) is 6.10 Å². The zero-order valence-corrected chi connectivity index (χ0v) is 12.6. The molecule has 1 aromatic carbocycles. The van der Waals surface area contributed by atoms with Crippen LogP contribution in [-0.4, -0.2) is 26.4 Å². The predicted octanol–water partition coefficient (Wildman–Crippen LogP) is 1.94. The van der Waals surface area contributed by atoms with E-state index in [1.807, 2.05) is 0 Å². The Morgan fingerprint density at radius 1 is 1.20 bits per heavy atom.